The van der Waals surface area contributed by atoms with Gasteiger partial charge in [-0.3, -0.25) is 0 Å². The summed E-state index contributed by atoms with van der Waals surface area (Å²) in [6, 6.07) is 2.45. The van der Waals surface area contributed by atoms with Gasteiger partial charge in [-0.2, -0.15) is 9.61 Å². The number of likely N-dealkylation sites (tertiary alicyclic amines) is 1. The summed E-state index contributed by atoms with van der Waals surface area (Å²) in [7, 11) is 0. The molecule has 5 heterocycles. The smallest absolute Gasteiger partial charge is 0.410 e. The first kappa shape index (κ1) is 23.8. The van der Waals surface area contributed by atoms with Crippen molar-refractivity contribution >= 4 is 23.4 Å². The molecule has 4 aliphatic rings. The Morgan fingerprint density at radius 1 is 1.31 bits per heavy atom. The van der Waals surface area contributed by atoms with Gasteiger partial charge in [0.2, 0.25) is 0 Å². The number of hydrogen-bond donors (Lipinski definition) is 3. The minimum atomic E-state index is -0.152. The number of ether oxygens (including phenoxy) is 2. The van der Waals surface area contributed by atoms with Gasteiger partial charge in [-0.05, 0) is 43.9 Å². The number of hydrogen-bond acceptors (Lipinski definition) is 8. The first-order valence-corrected chi connectivity index (χ1v) is 13.6. The SMILES string of the molecule is CC(C)c1cnn2c(NCC34CCC(CN(C(=O)OC5CNC5)C3)C4)cc(NC3CCOCC3)nc12. The van der Waals surface area contributed by atoms with E-state index in [1.165, 1.54) is 0 Å². The van der Waals surface area contributed by atoms with E-state index in [2.05, 4.69) is 35.9 Å². The lowest BCUT2D eigenvalue weighted by Crippen LogP contribution is -2.54. The molecule has 3 aliphatic heterocycles. The number of fused-ring (bicyclic) bond motifs is 3. The highest BCUT2D eigenvalue weighted by molar-refractivity contribution is 5.68. The second kappa shape index (κ2) is 9.70. The Kier molecular flexibility index (Phi) is 6.41. The van der Waals surface area contributed by atoms with Gasteiger partial charge in [0.05, 0.1) is 6.20 Å². The van der Waals surface area contributed by atoms with Crippen LogP contribution in [0.5, 0.6) is 0 Å². The molecule has 2 aromatic rings. The van der Waals surface area contributed by atoms with Crippen LogP contribution >= 0.6 is 0 Å². The zero-order valence-electron chi connectivity index (χ0n) is 21.5. The summed E-state index contributed by atoms with van der Waals surface area (Å²) >= 11 is 0. The maximum atomic E-state index is 12.8. The van der Waals surface area contributed by atoms with Crippen molar-refractivity contribution in [3.63, 3.8) is 0 Å². The van der Waals surface area contributed by atoms with Gasteiger partial charge in [0, 0.05) is 69.0 Å². The van der Waals surface area contributed by atoms with E-state index in [1.54, 1.807) is 0 Å². The largest absolute Gasteiger partial charge is 0.443 e. The Morgan fingerprint density at radius 2 is 2.14 bits per heavy atom. The molecule has 3 saturated heterocycles. The first-order valence-electron chi connectivity index (χ1n) is 13.6. The molecule has 10 nitrogen and oxygen atoms in total. The third-order valence-electron chi connectivity index (χ3n) is 8.42. The molecule has 10 heteroatoms. The highest BCUT2D eigenvalue weighted by Gasteiger charge is 2.47. The second-order valence-corrected chi connectivity index (χ2v) is 11.6. The molecular weight excluding hydrogens is 458 g/mol. The number of piperidine rings is 1. The molecule has 2 unspecified atom stereocenters. The minimum Gasteiger partial charge on any atom is -0.443 e. The lowest BCUT2D eigenvalue weighted by Gasteiger charge is -2.41. The Labute approximate surface area is 212 Å². The molecule has 1 aliphatic carbocycles. The molecule has 0 radical (unpaired) electrons. The summed E-state index contributed by atoms with van der Waals surface area (Å²) < 4.78 is 13.2. The van der Waals surface area contributed by atoms with Crippen molar-refractivity contribution in [1.29, 1.82) is 0 Å². The van der Waals surface area contributed by atoms with Crippen LogP contribution in [0.4, 0.5) is 16.4 Å². The molecule has 2 bridgehead atoms. The van der Waals surface area contributed by atoms with Crippen LogP contribution in [0, 0.1) is 11.3 Å². The van der Waals surface area contributed by atoms with Gasteiger partial charge in [0.1, 0.15) is 17.7 Å². The fourth-order valence-corrected chi connectivity index (χ4v) is 6.24. The molecule has 196 valence electrons. The van der Waals surface area contributed by atoms with E-state index in [1.807, 2.05) is 15.6 Å². The van der Waals surface area contributed by atoms with Crippen LogP contribution in [0.2, 0.25) is 0 Å². The summed E-state index contributed by atoms with van der Waals surface area (Å²) in [6.45, 7) is 9.81. The summed E-state index contributed by atoms with van der Waals surface area (Å²) in [5.74, 6) is 2.70. The van der Waals surface area contributed by atoms with Crippen LogP contribution in [-0.2, 0) is 9.47 Å². The number of carbonyl (C=O) groups excluding carboxylic acids is 1. The van der Waals surface area contributed by atoms with Crippen LogP contribution < -0.4 is 16.0 Å². The maximum Gasteiger partial charge on any atom is 0.410 e. The number of anilines is 2. The van der Waals surface area contributed by atoms with Crippen molar-refractivity contribution in [2.45, 2.75) is 64.0 Å². The van der Waals surface area contributed by atoms with Gasteiger partial charge in [-0.25, -0.2) is 9.78 Å². The minimum absolute atomic E-state index is 0.0212. The number of nitrogens with zero attached hydrogens (tertiary/aromatic N) is 4. The molecule has 2 aromatic heterocycles. The fourth-order valence-electron chi connectivity index (χ4n) is 6.24. The molecule has 2 atom stereocenters. The van der Waals surface area contributed by atoms with Crippen LogP contribution in [0.25, 0.3) is 5.65 Å². The lowest BCUT2D eigenvalue weighted by atomic mass is 9.82. The van der Waals surface area contributed by atoms with Gasteiger partial charge >= 0.3 is 6.09 Å². The number of rotatable bonds is 7. The van der Waals surface area contributed by atoms with E-state index >= 15 is 0 Å². The van der Waals surface area contributed by atoms with Crippen LogP contribution in [0.15, 0.2) is 12.3 Å². The van der Waals surface area contributed by atoms with Crippen LogP contribution in [-0.4, -0.2) is 83.7 Å². The van der Waals surface area contributed by atoms with Gasteiger partial charge in [0.25, 0.3) is 0 Å². The monoisotopic (exact) mass is 497 g/mol. The van der Waals surface area contributed by atoms with Crippen molar-refractivity contribution in [3.05, 3.63) is 17.8 Å². The highest BCUT2D eigenvalue weighted by atomic mass is 16.6. The van der Waals surface area contributed by atoms with E-state index < -0.39 is 0 Å². The van der Waals surface area contributed by atoms with Gasteiger partial charge in [0.15, 0.2) is 5.65 Å². The molecule has 3 N–H and O–H groups in total. The topological polar surface area (TPSA) is 105 Å². The molecule has 0 spiro atoms. The van der Waals surface area contributed by atoms with Gasteiger partial charge in [-0.15, -0.1) is 0 Å². The molecular formula is C26H39N7O3. The molecule has 1 saturated carbocycles. The summed E-state index contributed by atoms with van der Waals surface area (Å²) in [6.07, 6.45) is 7.21. The first-order chi connectivity index (χ1) is 17.5. The van der Waals surface area contributed by atoms with Crippen molar-refractivity contribution in [2.75, 3.05) is 56.6 Å². The number of amides is 1. The summed E-state index contributed by atoms with van der Waals surface area (Å²) in [5, 5.41) is 15.2. The number of carbonyl (C=O) groups is 1. The zero-order chi connectivity index (χ0) is 24.7. The molecule has 1 amide bonds. The quantitative estimate of drug-likeness (QED) is 0.536. The molecule has 0 aromatic carbocycles. The molecule has 36 heavy (non-hydrogen) atoms. The average molecular weight is 498 g/mol. The van der Waals surface area contributed by atoms with Crippen molar-refractivity contribution in [3.8, 4) is 0 Å². The Bertz CT molecular complexity index is 1090. The van der Waals surface area contributed by atoms with Crippen molar-refractivity contribution in [2.24, 2.45) is 11.3 Å². The van der Waals surface area contributed by atoms with Crippen LogP contribution in [0.3, 0.4) is 0 Å². The third kappa shape index (κ3) is 4.72. The Hall–Kier alpha value is -2.59. The highest BCUT2D eigenvalue weighted by Crippen LogP contribution is 2.46. The molecule has 4 fully saturated rings. The van der Waals surface area contributed by atoms with Crippen molar-refractivity contribution < 1.29 is 14.3 Å². The van der Waals surface area contributed by atoms with Crippen molar-refractivity contribution in [1.82, 2.24) is 24.8 Å². The number of aromatic nitrogens is 3. The van der Waals surface area contributed by atoms with E-state index in [-0.39, 0.29) is 17.6 Å². The van der Waals surface area contributed by atoms with E-state index in [0.717, 1.165) is 101 Å². The summed E-state index contributed by atoms with van der Waals surface area (Å²) in [4.78, 5) is 19.7. The fraction of sp³-hybridized carbons (Fsp3) is 0.731. The predicted molar refractivity (Wildman–Crippen MR) is 138 cm³/mol. The maximum absolute atomic E-state index is 12.8. The van der Waals surface area contributed by atoms with E-state index in [9.17, 15) is 4.79 Å². The van der Waals surface area contributed by atoms with Crippen LogP contribution in [0.1, 0.15) is 57.4 Å². The second-order valence-electron chi connectivity index (χ2n) is 11.6. The average Bonchev–Trinajstić information content (AvgIpc) is 3.41. The Morgan fingerprint density at radius 3 is 2.89 bits per heavy atom. The zero-order valence-corrected chi connectivity index (χ0v) is 21.5. The van der Waals surface area contributed by atoms with E-state index in [4.69, 9.17) is 19.6 Å². The van der Waals surface area contributed by atoms with Gasteiger partial charge < -0.3 is 30.3 Å². The van der Waals surface area contributed by atoms with E-state index in [0.29, 0.717) is 17.9 Å². The normalized spacial score (nSPS) is 26.9. The lowest BCUT2D eigenvalue weighted by molar-refractivity contribution is 0.0185. The Balaban J connectivity index is 1.21. The number of nitrogens with one attached hydrogen (secondary N) is 3. The predicted octanol–water partition coefficient (Wildman–Crippen LogP) is 3.07. The molecule has 6 rings (SSSR count). The third-order valence-corrected chi connectivity index (χ3v) is 8.42. The summed E-state index contributed by atoms with van der Waals surface area (Å²) in [5.41, 5.74) is 2.09. The van der Waals surface area contributed by atoms with Gasteiger partial charge in [-0.1, -0.05) is 13.8 Å². The standard InChI is InChI=1S/C26H39N7O3/c1-17(2)21-13-29-33-23(9-22(31-24(21)33)30-19-4-7-35-8-5-19)28-15-26-6-3-18(10-26)14-32(16-26)25(34)36-20-11-27-12-20/h9,13,17-20,27-28H,3-8,10-12,14-16H2,1-2H3,(H,30,31).